The van der Waals surface area contributed by atoms with Crippen LogP contribution in [0.3, 0.4) is 0 Å². The van der Waals surface area contributed by atoms with Gasteiger partial charge < -0.3 is 19.7 Å². The van der Waals surface area contributed by atoms with E-state index in [2.05, 4.69) is 15.3 Å². The molecule has 2 aliphatic rings. The number of amides is 1. The number of carbonyl (C=O) groups excluding carboxylic acids is 1. The maximum absolute atomic E-state index is 13.0. The Kier molecular flexibility index (Phi) is 5.18. The van der Waals surface area contributed by atoms with Gasteiger partial charge in [-0.05, 0) is 24.6 Å². The Balaban J connectivity index is 1.78. The number of carbonyl (C=O) groups is 1. The molecular weight excluding hydrogens is 374 g/mol. The van der Waals surface area contributed by atoms with Gasteiger partial charge in [0.25, 0.3) is 5.56 Å². The fourth-order valence-corrected chi connectivity index (χ4v) is 3.72. The molecule has 0 radical (unpaired) electrons. The molecule has 2 aromatic rings. The molecule has 150 valence electrons. The summed E-state index contributed by atoms with van der Waals surface area (Å²) in [6, 6.07) is 9.12. The summed E-state index contributed by atoms with van der Waals surface area (Å²) >= 11 is 0. The molecule has 2 unspecified atom stereocenters. The van der Waals surface area contributed by atoms with Gasteiger partial charge in [0.2, 0.25) is 11.9 Å². The van der Waals surface area contributed by atoms with Crippen molar-refractivity contribution in [3.63, 3.8) is 0 Å². The summed E-state index contributed by atoms with van der Waals surface area (Å²) < 4.78 is 10.8. The largest absolute Gasteiger partial charge is 0.494 e. The van der Waals surface area contributed by atoms with Crippen molar-refractivity contribution in [2.45, 2.75) is 12.8 Å². The molecule has 4 rings (SSSR count). The van der Waals surface area contributed by atoms with Crippen molar-refractivity contribution in [1.82, 2.24) is 9.97 Å². The molecule has 1 saturated heterocycles. The first-order chi connectivity index (χ1) is 14.1. The zero-order valence-electron chi connectivity index (χ0n) is 16.0. The number of aromatic nitrogens is 2. The summed E-state index contributed by atoms with van der Waals surface area (Å²) in [7, 11) is 0. The van der Waals surface area contributed by atoms with Crippen LogP contribution in [-0.2, 0) is 9.53 Å². The lowest BCUT2D eigenvalue weighted by Gasteiger charge is -2.31. The number of benzene rings is 1. The van der Waals surface area contributed by atoms with Gasteiger partial charge in [-0.2, -0.15) is 10.2 Å². The van der Waals surface area contributed by atoms with Crippen molar-refractivity contribution in [1.29, 1.82) is 5.26 Å². The third kappa shape index (κ3) is 3.54. The molecule has 9 nitrogen and oxygen atoms in total. The molecular formula is C20H21N5O4. The van der Waals surface area contributed by atoms with E-state index in [1.807, 2.05) is 17.9 Å². The van der Waals surface area contributed by atoms with Crippen LogP contribution in [0.25, 0.3) is 0 Å². The fourth-order valence-electron chi connectivity index (χ4n) is 3.72. The topological polar surface area (TPSA) is 120 Å². The maximum atomic E-state index is 13.0. The Morgan fingerprint density at radius 1 is 1.28 bits per heavy atom. The molecule has 2 atom stereocenters. The van der Waals surface area contributed by atoms with Crippen LogP contribution in [0, 0.1) is 17.2 Å². The van der Waals surface area contributed by atoms with Gasteiger partial charge in [0.1, 0.15) is 17.5 Å². The van der Waals surface area contributed by atoms with Crippen LogP contribution < -0.4 is 20.5 Å². The second-order valence-corrected chi connectivity index (χ2v) is 6.83. The number of nitrogens with zero attached hydrogens (tertiary/aromatic N) is 3. The van der Waals surface area contributed by atoms with Crippen molar-refractivity contribution < 1.29 is 14.3 Å². The lowest BCUT2D eigenvalue weighted by atomic mass is 9.79. The van der Waals surface area contributed by atoms with Crippen molar-refractivity contribution in [3.05, 3.63) is 45.7 Å². The Morgan fingerprint density at radius 2 is 2.00 bits per heavy atom. The number of H-pyrrole nitrogens is 1. The van der Waals surface area contributed by atoms with Gasteiger partial charge in [0, 0.05) is 19.0 Å². The number of ether oxygens (including phenoxy) is 2. The van der Waals surface area contributed by atoms with Gasteiger partial charge in [-0.15, -0.1) is 0 Å². The predicted molar refractivity (Wildman–Crippen MR) is 105 cm³/mol. The predicted octanol–water partition coefficient (Wildman–Crippen LogP) is 1.23. The van der Waals surface area contributed by atoms with E-state index in [-0.39, 0.29) is 16.9 Å². The lowest BCUT2D eigenvalue weighted by Crippen LogP contribution is -2.41. The number of rotatable bonds is 4. The first-order valence-electron chi connectivity index (χ1n) is 9.52. The molecule has 3 heterocycles. The number of nitrogens with one attached hydrogen (secondary N) is 2. The number of morpholine rings is 1. The highest BCUT2D eigenvalue weighted by molar-refractivity contribution is 5.98. The normalized spacial score (nSPS) is 21.1. The van der Waals surface area contributed by atoms with Crippen LogP contribution in [0.1, 0.15) is 24.0 Å². The van der Waals surface area contributed by atoms with Crippen LogP contribution in [-0.4, -0.2) is 48.8 Å². The average Bonchev–Trinajstić information content (AvgIpc) is 2.74. The second-order valence-electron chi connectivity index (χ2n) is 6.83. The lowest BCUT2D eigenvalue weighted by molar-refractivity contribution is -0.119. The Morgan fingerprint density at radius 3 is 2.66 bits per heavy atom. The average molecular weight is 395 g/mol. The van der Waals surface area contributed by atoms with Gasteiger partial charge in [0.05, 0.1) is 31.5 Å². The molecule has 2 N–H and O–H groups in total. The van der Waals surface area contributed by atoms with E-state index in [1.165, 1.54) is 0 Å². The van der Waals surface area contributed by atoms with E-state index in [1.54, 1.807) is 24.3 Å². The molecule has 1 amide bonds. The molecule has 0 aliphatic carbocycles. The maximum Gasteiger partial charge on any atom is 0.258 e. The zero-order valence-corrected chi connectivity index (χ0v) is 16.0. The van der Waals surface area contributed by atoms with Crippen molar-refractivity contribution in [3.8, 4) is 11.8 Å². The number of aromatic amines is 1. The summed E-state index contributed by atoms with van der Waals surface area (Å²) in [6.07, 6.45) is 0. The minimum atomic E-state index is -1.03. The van der Waals surface area contributed by atoms with Crippen molar-refractivity contribution in [2.75, 3.05) is 43.1 Å². The SMILES string of the molecule is CCOc1ccc(C2c3c(nc(N4CCOCC4)[nH]c3=O)NC(=O)C2C#N)cc1. The highest BCUT2D eigenvalue weighted by Gasteiger charge is 2.40. The van der Waals surface area contributed by atoms with Crippen LogP contribution in [0.5, 0.6) is 5.75 Å². The van der Waals surface area contributed by atoms with E-state index in [0.29, 0.717) is 50.2 Å². The minimum Gasteiger partial charge on any atom is -0.494 e. The second kappa shape index (κ2) is 7.93. The first-order valence-corrected chi connectivity index (χ1v) is 9.52. The van der Waals surface area contributed by atoms with Crippen LogP contribution in [0.2, 0.25) is 0 Å². The Labute approximate surface area is 167 Å². The monoisotopic (exact) mass is 395 g/mol. The number of nitriles is 1. The molecule has 0 saturated carbocycles. The summed E-state index contributed by atoms with van der Waals surface area (Å²) in [5, 5.41) is 12.3. The molecule has 1 aromatic heterocycles. The number of hydrogen-bond acceptors (Lipinski definition) is 7. The zero-order chi connectivity index (χ0) is 20.4. The smallest absolute Gasteiger partial charge is 0.258 e. The number of hydrogen-bond donors (Lipinski definition) is 2. The molecule has 29 heavy (non-hydrogen) atoms. The van der Waals surface area contributed by atoms with E-state index in [0.717, 1.165) is 0 Å². The third-order valence-corrected chi connectivity index (χ3v) is 5.11. The minimum absolute atomic E-state index is 0.200. The Bertz CT molecular complexity index is 1010. The Hall–Kier alpha value is -3.38. The van der Waals surface area contributed by atoms with Gasteiger partial charge in [-0.1, -0.05) is 12.1 Å². The highest BCUT2D eigenvalue weighted by Crippen LogP contribution is 2.38. The summed E-state index contributed by atoms with van der Waals surface area (Å²) in [4.78, 5) is 34.8. The molecule has 9 heteroatoms. The van der Waals surface area contributed by atoms with Gasteiger partial charge >= 0.3 is 0 Å². The van der Waals surface area contributed by atoms with Gasteiger partial charge in [0.15, 0.2) is 0 Å². The van der Waals surface area contributed by atoms with Crippen LogP contribution in [0.4, 0.5) is 11.8 Å². The summed E-state index contributed by atoms with van der Waals surface area (Å²) in [5.41, 5.74) is 0.607. The molecule has 1 aromatic carbocycles. The quantitative estimate of drug-likeness (QED) is 0.799. The first kappa shape index (κ1) is 19.0. The standard InChI is InChI=1S/C20H21N5O4/c1-2-29-13-5-3-12(4-6-13)15-14(11-21)18(26)22-17-16(15)19(27)24-20(23-17)25-7-9-28-10-8-25/h3-6,14-15H,2,7-10H2,1H3,(H2,22,23,24,26,27). The van der Waals surface area contributed by atoms with Gasteiger partial charge in [-0.3, -0.25) is 14.6 Å². The number of anilines is 2. The molecule has 2 aliphatic heterocycles. The van der Waals surface area contributed by atoms with Crippen LogP contribution >= 0.6 is 0 Å². The van der Waals surface area contributed by atoms with Gasteiger partial charge in [-0.25, -0.2) is 0 Å². The van der Waals surface area contributed by atoms with Crippen molar-refractivity contribution in [2.24, 2.45) is 5.92 Å². The fraction of sp³-hybridized carbons (Fsp3) is 0.400. The van der Waals surface area contributed by atoms with Crippen molar-refractivity contribution >= 4 is 17.7 Å². The molecule has 1 fully saturated rings. The highest BCUT2D eigenvalue weighted by atomic mass is 16.5. The van der Waals surface area contributed by atoms with E-state index in [4.69, 9.17) is 9.47 Å². The number of fused-ring (bicyclic) bond motifs is 1. The van der Waals surface area contributed by atoms with E-state index < -0.39 is 17.7 Å². The molecule has 0 spiro atoms. The van der Waals surface area contributed by atoms with E-state index >= 15 is 0 Å². The third-order valence-electron chi connectivity index (χ3n) is 5.11. The summed E-state index contributed by atoms with van der Waals surface area (Å²) in [5.74, 6) is -0.944. The summed E-state index contributed by atoms with van der Waals surface area (Å²) in [6.45, 7) is 4.69. The molecule has 0 bridgehead atoms. The van der Waals surface area contributed by atoms with Crippen LogP contribution in [0.15, 0.2) is 29.1 Å². The van der Waals surface area contributed by atoms with E-state index in [9.17, 15) is 14.9 Å².